The summed E-state index contributed by atoms with van der Waals surface area (Å²) >= 11 is 0. The number of aromatic amines is 1. The number of aromatic nitrogens is 2. The van der Waals surface area contributed by atoms with Gasteiger partial charge in [0.1, 0.15) is 0 Å². The molecule has 8 heteroatoms. The lowest BCUT2D eigenvalue weighted by Gasteiger charge is -2.32. The summed E-state index contributed by atoms with van der Waals surface area (Å²) in [7, 11) is -3.17. The second-order valence-electron chi connectivity index (χ2n) is 5.11. The van der Waals surface area contributed by atoms with Crippen LogP contribution in [0.25, 0.3) is 0 Å². The van der Waals surface area contributed by atoms with Gasteiger partial charge in [-0.15, -0.1) is 0 Å². The second kappa shape index (κ2) is 7.15. The van der Waals surface area contributed by atoms with Crippen molar-refractivity contribution in [2.75, 3.05) is 25.4 Å². The topological polar surface area (TPSA) is 92.4 Å². The first kappa shape index (κ1) is 16.1. The van der Waals surface area contributed by atoms with Crippen molar-refractivity contribution < 1.29 is 13.2 Å². The van der Waals surface area contributed by atoms with Crippen molar-refractivity contribution in [1.82, 2.24) is 14.3 Å². The average molecular weight is 315 g/mol. The third-order valence-electron chi connectivity index (χ3n) is 3.41. The Balaban J connectivity index is 1.91. The van der Waals surface area contributed by atoms with E-state index >= 15 is 0 Å². The first-order valence-electron chi connectivity index (χ1n) is 7.14. The second-order valence-corrected chi connectivity index (χ2v) is 7.20. The van der Waals surface area contributed by atoms with Crippen molar-refractivity contribution in [3.05, 3.63) is 28.4 Å². The highest BCUT2D eigenvalue weighted by atomic mass is 32.2. The molecule has 0 saturated carbocycles. The molecule has 0 amide bonds. The fourth-order valence-electron chi connectivity index (χ4n) is 2.36. The summed E-state index contributed by atoms with van der Waals surface area (Å²) in [6.07, 6.45) is 3.08. The Morgan fingerprint density at radius 2 is 2.33 bits per heavy atom. The number of morpholine rings is 1. The van der Waals surface area contributed by atoms with Crippen LogP contribution >= 0.6 is 0 Å². The van der Waals surface area contributed by atoms with Crippen LogP contribution in [0.3, 0.4) is 0 Å². The van der Waals surface area contributed by atoms with Gasteiger partial charge in [0.25, 0.3) is 5.56 Å². The van der Waals surface area contributed by atoms with Gasteiger partial charge in [-0.25, -0.2) is 13.4 Å². The summed E-state index contributed by atoms with van der Waals surface area (Å²) in [5.74, 6) is 0.176. The Bertz CT molecular complexity index is 614. The maximum absolute atomic E-state index is 12.1. The molecule has 2 rings (SSSR count). The first-order valence-corrected chi connectivity index (χ1v) is 8.75. The molecule has 2 heterocycles. The van der Waals surface area contributed by atoms with Gasteiger partial charge in [0.2, 0.25) is 10.0 Å². The molecule has 21 heavy (non-hydrogen) atoms. The number of aryl methyl sites for hydroxylation is 1. The van der Waals surface area contributed by atoms with Crippen LogP contribution in [0.2, 0.25) is 0 Å². The predicted octanol–water partition coefficient (Wildman–Crippen LogP) is 0.143. The predicted molar refractivity (Wildman–Crippen MR) is 78.6 cm³/mol. The van der Waals surface area contributed by atoms with Gasteiger partial charge in [-0.2, -0.15) is 4.31 Å². The summed E-state index contributed by atoms with van der Waals surface area (Å²) in [6.45, 7) is 3.07. The Morgan fingerprint density at radius 1 is 1.52 bits per heavy atom. The molecule has 1 atom stereocenters. The van der Waals surface area contributed by atoms with E-state index in [1.807, 2.05) is 6.92 Å². The summed E-state index contributed by atoms with van der Waals surface area (Å²) in [5, 5.41) is 0. The number of nitrogens with zero attached hydrogens (tertiary/aromatic N) is 2. The molecule has 0 aliphatic carbocycles. The Kier molecular flexibility index (Phi) is 5.49. The third kappa shape index (κ3) is 4.62. The minimum absolute atomic E-state index is 0.147. The van der Waals surface area contributed by atoms with Crippen LogP contribution in [0.4, 0.5) is 0 Å². The van der Waals surface area contributed by atoms with Gasteiger partial charge in [0.05, 0.1) is 24.8 Å². The van der Waals surface area contributed by atoms with E-state index in [-0.39, 0.29) is 17.4 Å². The molecule has 7 nitrogen and oxygen atoms in total. The van der Waals surface area contributed by atoms with E-state index in [2.05, 4.69) is 9.97 Å². The van der Waals surface area contributed by atoms with Gasteiger partial charge in [0.15, 0.2) is 0 Å². The van der Waals surface area contributed by atoms with Crippen LogP contribution in [0, 0.1) is 0 Å². The van der Waals surface area contributed by atoms with Crippen LogP contribution in [-0.4, -0.2) is 54.2 Å². The van der Waals surface area contributed by atoms with Gasteiger partial charge in [-0.1, -0.05) is 6.92 Å². The van der Waals surface area contributed by atoms with Crippen LogP contribution in [0.15, 0.2) is 17.2 Å². The highest BCUT2D eigenvalue weighted by Gasteiger charge is 2.28. The number of sulfonamides is 1. The lowest BCUT2D eigenvalue weighted by Crippen LogP contribution is -2.46. The monoisotopic (exact) mass is 315 g/mol. The highest BCUT2D eigenvalue weighted by molar-refractivity contribution is 7.89. The molecule has 1 aromatic heterocycles. The average Bonchev–Trinajstić information content (AvgIpc) is 2.45. The Labute approximate surface area is 124 Å². The number of rotatable bonds is 6. The zero-order chi connectivity index (χ0) is 15.3. The van der Waals surface area contributed by atoms with E-state index in [1.165, 1.54) is 16.7 Å². The maximum Gasteiger partial charge on any atom is 0.250 e. The van der Waals surface area contributed by atoms with Gasteiger partial charge in [-0.3, -0.25) is 4.79 Å². The normalized spacial score (nSPS) is 20.5. The standard InChI is InChI=1S/C13H21N3O4S/c1-2-7-21(18,19)16-5-6-20-12(9-16)4-3-11-8-13(17)15-10-14-11/h8,10,12H,2-7,9H2,1H3,(H,14,15,17)/t12-/m0/s1. The molecule has 0 bridgehead atoms. The molecule has 0 unspecified atom stereocenters. The zero-order valence-electron chi connectivity index (χ0n) is 12.1. The lowest BCUT2D eigenvalue weighted by atomic mass is 10.1. The number of H-pyrrole nitrogens is 1. The summed E-state index contributed by atoms with van der Waals surface area (Å²) in [5.41, 5.74) is 0.507. The molecule has 1 saturated heterocycles. The van der Waals surface area contributed by atoms with Crippen LogP contribution in [0.1, 0.15) is 25.5 Å². The summed E-state index contributed by atoms with van der Waals surface area (Å²) < 4.78 is 31.2. The molecule has 1 aromatic rings. The molecule has 1 aliphatic rings. The summed E-state index contributed by atoms with van der Waals surface area (Å²) in [6, 6.07) is 1.45. The van der Waals surface area contributed by atoms with E-state index in [4.69, 9.17) is 4.74 Å². The third-order valence-corrected chi connectivity index (χ3v) is 5.46. The molecule has 0 radical (unpaired) electrons. The summed E-state index contributed by atoms with van der Waals surface area (Å²) in [4.78, 5) is 17.7. The smallest absolute Gasteiger partial charge is 0.250 e. The van der Waals surface area contributed by atoms with Crippen LogP contribution in [0.5, 0.6) is 0 Å². The Hall–Kier alpha value is -1.25. The minimum atomic E-state index is -3.17. The van der Waals surface area contributed by atoms with Crippen molar-refractivity contribution in [2.24, 2.45) is 0 Å². The fraction of sp³-hybridized carbons (Fsp3) is 0.692. The maximum atomic E-state index is 12.1. The van der Waals surface area contributed by atoms with Crippen molar-refractivity contribution >= 4 is 10.0 Å². The number of hydrogen-bond acceptors (Lipinski definition) is 5. The largest absolute Gasteiger partial charge is 0.375 e. The molecule has 0 spiro atoms. The van der Waals surface area contributed by atoms with E-state index in [0.29, 0.717) is 44.7 Å². The van der Waals surface area contributed by atoms with Crippen LogP contribution < -0.4 is 5.56 Å². The Morgan fingerprint density at radius 3 is 3.05 bits per heavy atom. The van der Waals surface area contributed by atoms with Crippen molar-refractivity contribution in [3.8, 4) is 0 Å². The fourth-order valence-corrected chi connectivity index (χ4v) is 3.88. The lowest BCUT2D eigenvalue weighted by molar-refractivity contribution is -0.00537. The molecule has 1 aliphatic heterocycles. The molecule has 1 N–H and O–H groups in total. The zero-order valence-corrected chi connectivity index (χ0v) is 12.9. The minimum Gasteiger partial charge on any atom is -0.375 e. The van der Waals surface area contributed by atoms with Gasteiger partial charge in [0, 0.05) is 24.8 Å². The van der Waals surface area contributed by atoms with E-state index in [0.717, 1.165) is 0 Å². The molecule has 0 aromatic carbocycles. The number of hydrogen-bond donors (Lipinski definition) is 1. The van der Waals surface area contributed by atoms with Crippen molar-refractivity contribution in [3.63, 3.8) is 0 Å². The molecule has 1 fully saturated rings. The van der Waals surface area contributed by atoms with E-state index in [9.17, 15) is 13.2 Å². The molecule has 118 valence electrons. The molecular weight excluding hydrogens is 294 g/mol. The van der Waals surface area contributed by atoms with Gasteiger partial charge in [-0.05, 0) is 19.3 Å². The van der Waals surface area contributed by atoms with E-state index in [1.54, 1.807) is 0 Å². The van der Waals surface area contributed by atoms with Crippen LogP contribution in [-0.2, 0) is 21.2 Å². The molecular formula is C13H21N3O4S. The van der Waals surface area contributed by atoms with Crippen molar-refractivity contribution in [2.45, 2.75) is 32.3 Å². The van der Waals surface area contributed by atoms with Crippen molar-refractivity contribution in [1.29, 1.82) is 0 Å². The number of ether oxygens (including phenoxy) is 1. The van der Waals surface area contributed by atoms with Gasteiger partial charge < -0.3 is 9.72 Å². The quantitative estimate of drug-likeness (QED) is 0.806. The van der Waals surface area contributed by atoms with E-state index < -0.39 is 10.0 Å². The highest BCUT2D eigenvalue weighted by Crippen LogP contribution is 2.15. The first-order chi connectivity index (χ1) is 10.0. The SMILES string of the molecule is CCCS(=O)(=O)N1CCO[C@@H](CCc2cc(=O)[nH]cn2)C1. The van der Waals surface area contributed by atoms with Gasteiger partial charge >= 0.3 is 0 Å². The number of nitrogens with one attached hydrogen (secondary N) is 1.